The van der Waals surface area contributed by atoms with Gasteiger partial charge >= 0.3 is 12.1 Å². The fraction of sp³-hybridized carbons (Fsp3) is 0.375. The molecule has 6 nitrogen and oxygen atoms in total. The highest BCUT2D eigenvalue weighted by Gasteiger charge is 2.41. The van der Waals surface area contributed by atoms with Crippen molar-refractivity contribution < 1.29 is 30.0 Å². The van der Waals surface area contributed by atoms with Crippen LogP contribution in [0.3, 0.4) is 0 Å². The van der Waals surface area contributed by atoms with Crippen molar-refractivity contribution >= 4 is 29.5 Å². The Balaban J connectivity index is 0.000000258. The van der Waals surface area contributed by atoms with Crippen molar-refractivity contribution in [2.45, 2.75) is 33.3 Å². The third kappa shape index (κ3) is 8.06. The van der Waals surface area contributed by atoms with Crippen molar-refractivity contribution in [1.82, 2.24) is 0 Å². The van der Waals surface area contributed by atoms with Gasteiger partial charge in [-0.2, -0.15) is 0 Å². The normalized spacial score (nSPS) is 15.8. The average molecular weight is 449 g/mol. The molecule has 0 saturated carbocycles. The standard InChI is InChI=1S/C15H18O5.C9H9ClO/c1-3-11-4-6-12(7-5-11)8-18-13(16)15(2)9-19-14(17)20-10-15;10-7-9(11)6-8-4-2-1-3-5-8/h4-7H,3,8-10H2,1-2H3;1-5H,6-7H2/i;7T. The number of hydrogen-bond acceptors (Lipinski definition) is 6. The van der Waals surface area contributed by atoms with Crippen LogP contribution in [-0.2, 0) is 43.2 Å². The van der Waals surface area contributed by atoms with Gasteiger partial charge in [-0.25, -0.2) is 4.79 Å². The number of alkyl halides is 1. The van der Waals surface area contributed by atoms with Crippen LogP contribution in [0.2, 0.25) is 0 Å². The van der Waals surface area contributed by atoms with Gasteiger partial charge in [0.15, 0.2) is 5.78 Å². The Bertz CT molecular complexity index is 888. The third-order valence-electron chi connectivity index (χ3n) is 4.65. The summed E-state index contributed by atoms with van der Waals surface area (Å²) in [6.07, 6.45) is 0.477. The van der Waals surface area contributed by atoms with E-state index in [1.165, 1.54) is 5.56 Å². The van der Waals surface area contributed by atoms with E-state index in [0.29, 0.717) is 0 Å². The van der Waals surface area contributed by atoms with Crippen LogP contribution in [0, 0.1) is 5.41 Å². The van der Waals surface area contributed by atoms with Gasteiger partial charge in [-0.1, -0.05) is 61.5 Å². The summed E-state index contributed by atoms with van der Waals surface area (Å²) in [5.74, 6) is -1.82. The zero-order valence-electron chi connectivity index (χ0n) is 18.6. The van der Waals surface area contributed by atoms with Gasteiger partial charge in [-0.15, -0.1) is 11.6 Å². The first kappa shape index (κ1) is 22.8. The SMILES string of the molecule is CCc1ccc(COC(=O)C2(C)COC(=O)OC2)cc1.[3H]C(Cl)C(=O)Cc1ccccc1. The Kier molecular flexibility index (Phi) is 8.91. The molecule has 0 radical (unpaired) electrons. The molecule has 7 heteroatoms. The quantitative estimate of drug-likeness (QED) is 0.458. The Hall–Kier alpha value is -2.86. The maximum atomic E-state index is 12.0. The highest BCUT2D eigenvalue weighted by molar-refractivity contribution is 6.27. The number of hydrogen-bond donors (Lipinski definition) is 0. The van der Waals surface area contributed by atoms with Crippen LogP contribution in [0.1, 0.15) is 31.9 Å². The molecule has 31 heavy (non-hydrogen) atoms. The summed E-state index contributed by atoms with van der Waals surface area (Å²) < 4.78 is 21.7. The van der Waals surface area contributed by atoms with Crippen LogP contribution >= 0.6 is 11.6 Å². The van der Waals surface area contributed by atoms with Gasteiger partial charge in [-0.05, 0) is 30.0 Å². The fourth-order valence-electron chi connectivity index (χ4n) is 2.67. The molecule has 1 atom stereocenters. The van der Waals surface area contributed by atoms with Crippen molar-refractivity contribution in [3.05, 3.63) is 71.3 Å². The zero-order valence-corrected chi connectivity index (χ0v) is 18.4. The molecule has 2 aromatic rings. The van der Waals surface area contributed by atoms with Gasteiger partial charge in [0.2, 0.25) is 0 Å². The van der Waals surface area contributed by atoms with Gasteiger partial charge in [0, 0.05) is 6.42 Å². The summed E-state index contributed by atoms with van der Waals surface area (Å²) in [6.45, 7) is 3.91. The molecule has 1 unspecified atom stereocenters. The van der Waals surface area contributed by atoms with E-state index in [4.69, 9.17) is 27.2 Å². The lowest BCUT2D eigenvalue weighted by atomic mass is 9.92. The van der Waals surface area contributed by atoms with E-state index in [9.17, 15) is 14.4 Å². The van der Waals surface area contributed by atoms with E-state index in [-0.39, 0.29) is 32.0 Å². The highest BCUT2D eigenvalue weighted by atomic mass is 35.5. The van der Waals surface area contributed by atoms with Crippen molar-refractivity contribution in [3.8, 4) is 0 Å². The number of rotatable bonds is 7. The number of ketones is 1. The van der Waals surface area contributed by atoms with Crippen LogP contribution in [0.25, 0.3) is 0 Å². The van der Waals surface area contributed by atoms with Crippen molar-refractivity contribution in [2.24, 2.45) is 5.41 Å². The molecule has 1 aliphatic heterocycles. The van der Waals surface area contributed by atoms with Crippen molar-refractivity contribution in [3.63, 3.8) is 0 Å². The number of cyclic esters (lactones) is 2. The Morgan fingerprint density at radius 1 is 1.03 bits per heavy atom. The number of benzene rings is 2. The topological polar surface area (TPSA) is 78.9 Å². The predicted octanol–water partition coefficient (Wildman–Crippen LogP) is 4.50. The summed E-state index contributed by atoms with van der Waals surface area (Å²) in [4.78, 5) is 33.8. The number of carbonyl (C=O) groups is 3. The molecule has 0 aliphatic carbocycles. The van der Waals surface area contributed by atoms with Crippen LogP contribution in [0.4, 0.5) is 4.79 Å². The molecule has 1 saturated heterocycles. The van der Waals surface area contributed by atoms with E-state index in [1.807, 2.05) is 54.6 Å². The lowest BCUT2D eigenvalue weighted by molar-refractivity contribution is -0.167. The number of ether oxygens (including phenoxy) is 3. The summed E-state index contributed by atoms with van der Waals surface area (Å²) in [7, 11) is 0. The van der Waals surface area contributed by atoms with Crippen LogP contribution < -0.4 is 0 Å². The molecular weight excluding hydrogens is 420 g/mol. The van der Waals surface area contributed by atoms with E-state index < -0.39 is 23.4 Å². The molecule has 1 aliphatic rings. The van der Waals surface area contributed by atoms with Crippen molar-refractivity contribution in [1.29, 1.82) is 0 Å². The fourth-order valence-corrected chi connectivity index (χ4v) is 2.74. The molecule has 3 rings (SSSR count). The van der Waals surface area contributed by atoms with E-state index in [1.54, 1.807) is 6.92 Å². The maximum absolute atomic E-state index is 12.0. The van der Waals surface area contributed by atoms with E-state index in [0.717, 1.165) is 17.5 Å². The van der Waals surface area contributed by atoms with Gasteiger partial charge in [0.05, 0.1) is 7.23 Å². The van der Waals surface area contributed by atoms with Crippen LogP contribution in [-0.4, -0.2) is 37.0 Å². The second-order valence-electron chi connectivity index (χ2n) is 7.37. The molecule has 0 spiro atoms. The lowest BCUT2D eigenvalue weighted by Gasteiger charge is -2.29. The molecule has 0 N–H and O–H groups in total. The van der Waals surface area contributed by atoms with Gasteiger partial charge in [-0.3, -0.25) is 9.59 Å². The summed E-state index contributed by atoms with van der Waals surface area (Å²) >= 11 is 5.30. The molecule has 2 aromatic carbocycles. The third-order valence-corrected chi connectivity index (χ3v) is 4.90. The molecule has 0 amide bonds. The maximum Gasteiger partial charge on any atom is 0.508 e. The minimum atomic E-state index is -1.13. The smallest absolute Gasteiger partial charge is 0.460 e. The molecule has 1 heterocycles. The first-order chi connectivity index (χ1) is 15.2. The van der Waals surface area contributed by atoms with Crippen molar-refractivity contribution in [2.75, 3.05) is 19.1 Å². The first-order valence-corrected chi connectivity index (χ1v) is 10.3. The second kappa shape index (κ2) is 12.1. The molecule has 0 bridgehead atoms. The average Bonchev–Trinajstić information content (AvgIpc) is 2.81. The number of carbonyl (C=O) groups excluding carboxylic acids is 3. The largest absolute Gasteiger partial charge is 0.508 e. The molecule has 166 valence electrons. The van der Waals surface area contributed by atoms with Gasteiger partial charge < -0.3 is 14.2 Å². The summed E-state index contributed by atoms with van der Waals surface area (Å²) in [5, 5.41) is 0. The van der Waals surface area contributed by atoms with Gasteiger partial charge in [0.25, 0.3) is 0 Å². The monoisotopic (exact) mass is 448 g/mol. The summed E-state index contributed by atoms with van der Waals surface area (Å²) in [6, 6.07) is 17.2. The van der Waals surface area contributed by atoms with Crippen LogP contribution in [0.5, 0.6) is 0 Å². The van der Waals surface area contributed by atoms with Gasteiger partial charge in [0.1, 0.15) is 25.2 Å². The van der Waals surface area contributed by atoms with Crippen LogP contribution in [0.15, 0.2) is 54.6 Å². The number of aryl methyl sites for hydroxylation is 1. The molecular formula is C24H27ClO6. The minimum Gasteiger partial charge on any atom is -0.460 e. The molecule has 1 fully saturated rings. The number of halogens is 1. The first-order valence-electron chi connectivity index (χ1n) is 10.5. The Morgan fingerprint density at radius 3 is 2.16 bits per heavy atom. The number of esters is 1. The second-order valence-corrected chi connectivity index (χ2v) is 7.59. The Labute approximate surface area is 188 Å². The minimum absolute atomic E-state index is 0.0144. The Morgan fingerprint density at radius 2 is 1.61 bits per heavy atom. The predicted molar refractivity (Wildman–Crippen MR) is 117 cm³/mol. The van der Waals surface area contributed by atoms with E-state index in [2.05, 4.69) is 6.92 Å². The molecule has 0 aromatic heterocycles. The highest BCUT2D eigenvalue weighted by Crippen LogP contribution is 2.24. The van der Waals surface area contributed by atoms with E-state index >= 15 is 0 Å². The summed E-state index contributed by atoms with van der Waals surface area (Å²) in [5.41, 5.74) is 2.13. The lowest BCUT2D eigenvalue weighted by Crippen LogP contribution is -2.44. The number of Topliss-reactive ketones (excluding diaryl/α,β-unsaturated/α-hetero) is 1. The zero-order chi connectivity index (χ0) is 23.6.